The van der Waals surface area contributed by atoms with Gasteiger partial charge in [0.25, 0.3) is 0 Å². The molecule has 3 heterocycles. The third-order valence-corrected chi connectivity index (χ3v) is 7.04. The molecular formula is C26H35N5O2S. The number of nitrogens with zero attached hydrogens (tertiary/aromatic N) is 5. The zero-order valence-electron chi connectivity index (χ0n) is 20.9. The molecule has 1 saturated heterocycles. The van der Waals surface area contributed by atoms with Gasteiger partial charge < -0.3 is 9.80 Å². The maximum atomic E-state index is 12.9. The molecule has 8 heteroatoms. The molecule has 0 bridgehead atoms. The summed E-state index contributed by atoms with van der Waals surface area (Å²) in [5.41, 5.74) is 4.53. The molecule has 0 N–H and O–H groups in total. The van der Waals surface area contributed by atoms with E-state index in [2.05, 4.69) is 56.9 Å². The number of pyridine rings is 1. The predicted octanol–water partition coefficient (Wildman–Crippen LogP) is 3.85. The summed E-state index contributed by atoms with van der Waals surface area (Å²) in [5, 5.41) is 0. The van der Waals surface area contributed by atoms with Crippen LogP contribution in [0.5, 0.6) is 0 Å². The Bertz CT molecular complexity index is 1230. The molecule has 3 aromatic rings. The monoisotopic (exact) mass is 481 g/mol. The van der Waals surface area contributed by atoms with Gasteiger partial charge >= 0.3 is 5.69 Å². The average Bonchev–Trinajstić information content (AvgIpc) is 3.06. The van der Waals surface area contributed by atoms with E-state index in [9.17, 15) is 9.59 Å². The Kier molecular flexibility index (Phi) is 7.07. The van der Waals surface area contributed by atoms with Crippen molar-refractivity contribution in [2.75, 3.05) is 42.6 Å². The van der Waals surface area contributed by atoms with Crippen molar-refractivity contribution in [1.82, 2.24) is 19.0 Å². The highest BCUT2D eigenvalue weighted by atomic mass is 32.2. The van der Waals surface area contributed by atoms with E-state index in [0.29, 0.717) is 17.9 Å². The first-order valence-electron chi connectivity index (χ1n) is 11.9. The molecule has 0 aliphatic carbocycles. The highest BCUT2D eigenvalue weighted by Crippen LogP contribution is 2.27. The molecule has 0 radical (unpaired) electrons. The lowest BCUT2D eigenvalue weighted by atomic mass is 9.97. The van der Waals surface area contributed by atoms with Crippen LogP contribution in [0.2, 0.25) is 0 Å². The van der Waals surface area contributed by atoms with Gasteiger partial charge in [0.2, 0.25) is 5.91 Å². The second-order valence-electron chi connectivity index (χ2n) is 10.1. The van der Waals surface area contributed by atoms with E-state index in [4.69, 9.17) is 4.98 Å². The van der Waals surface area contributed by atoms with Gasteiger partial charge in [-0.05, 0) is 35.4 Å². The van der Waals surface area contributed by atoms with Crippen LogP contribution >= 0.6 is 11.8 Å². The molecule has 34 heavy (non-hydrogen) atoms. The first-order chi connectivity index (χ1) is 16.2. The second-order valence-corrected chi connectivity index (χ2v) is 11.4. The zero-order valence-corrected chi connectivity index (χ0v) is 21.7. The number of anilines is 1. The van der Waals surface area contributed by atoms with Gasteiger partial charge in [-0.25, -0.2) is 9.78 Å². The zero-order chi connectivity index (χ0) is 24.5. The Morgan fingerprint density at radius 3 is 2.50 bits per heavy atom. The molecule has 0 unspecified atom stereocenters. The number of thioether (sulfide) groups is 1. The summed E-state index contributed by atoms with van der Waals surface area (Å²) in [4.78, 5) is 34.4. The minimum Gasteiger partial charge on any atom is -0.368 e. The van der Waals surface area contributed by atoms with Gasteiger partial charge in [0.05, 0.1) is 17.0 Å². The molecule has 0 spiro atoms. The summed E-state index contributed by atoms with van der Waals surface area (Å²) in [6.07, 6.45) is 0. The van der Waals surface area contributed by atoms with Crippen LogP contribution in [-0.2, 0) is 18.4 Å². The van der Waals surface area contributed by atoms with Crippen LogP contribution in [0.4, 0.5) is 5.69 Å². The van der Waals surface area contributed by atoms with Gasteiger partial charge in [0.15, 0.2) is 5.65 Å². The van der Waals surface area contributed by atoms with Crippen molar-refractivity contribution < 1.29 is 4.79 Å². The first kappa shape index (κ1) is 24.4. The number of hydrogen-bond donors (Lipinski definition) is 0. The van der Waals surface area contributed by atoms with E-state index in [1.165, 1.54) is 0 Å². The fourth-order valence-electron chi connectivity index (χ4n) is 4.42. The maximum absolute atomic E-state index is 12.9. The molecule has 4 rings (SSSR count). The number of piperazine rings is 1. The molecule has 1 aromatic carbocycles. The first-order valence-corrected chi connectivity index (χ1v) is 13.1. The van der Waals surface area contributed by atoms with E-state index >= 15 is 0 Å². The van der Waals surface area contributed by atoms with Gasteiger partial charge in [0.1, 0.15) is 0 Å². The number of aromatic nitrogens is 3. The van der Waals surface area contributed by atoms with Gasteiger partial charge in [-0.3, -0.25) is 13.9 Å². The van der Waals surface area contributed by atoms with Crippen molar-refractivity contribution in [3.63, 3.8) is 0 Å². The molecule has 7 nitrogen and oxygen atoms in total. The van der Waals surface area contributed by atoms with E-state index in [0.717, 1.165) is 54.4 Å². The van der Waals surface area contributed by atoms with Crippen LogP contribution in [-0.4, -0.2) is 62.6 Å². The number of rotatable bonds is 6. The number of benzene rings is 1. The third-order valence-electron chi connectivity index (χ3n) is 6.18. The Balaban J connectivity index is 1.55. The Morgan fingerprint density at radius 1 is 1.09 bits per heavy atom. The van der Waals surface area contributed by atoms with Gasteiger partial charge in [-0.15, -0.1) is 0 Å². The number of fused-ring (bicyclic) bond motifs is 1. The average molecular weight is 482 g/mol. The highest BCUT2D eigenvalue weighted by molar-refractivity contribution is 7.99. The second kappa shape index (κ2) is 9.86. The molecular weight excluding hydrogens is 446 g/mol. The number of carbonyl (C=O) groups excluding carboxylic acids is 1. The summed E-state index contributed by atoms with van der Waals surface area (Å²) >= 11 is 1.68. The fraction of sp³-hybridized carbons (Fsp3) is 0.500. The normalized spacial score (nSPS) is 14.7. The Labute approximate surface area is 205 Å². The third kappa shape index (κ3) is 5.17. The molecule has 1 fully saturated rings. The molecule has 2 aromatic heterocycles. The van der Waals surface area contributed by atoms with Crippen LogP contribution < -0.4 is 10.6 Å². The quantitative estimate of drug-likeness (QED) is 0.535. The smallest absolute Gasteiger partial charge is 0.330 e. The fourth-order valence-corrected chi connectivity index (χ4v) is 4.98. The van der Waals surface area contributed by atoms with Crippen LogP contribution in [0.1, 0.15) is 27.7 Å². The van der Waals surface area contributed by atoms with Crippen molar-refractivity contribution in [2.24, 2.45) is 12.5 Å². The van der Waals surface area contributed by atoms with Crippen LogP contribution in [0.15, 0.2) is 41.2 Å². The van der Waals surface area contributed by atoms with Crippen molar-refractivity contribution in [3.8, 4) is 11.3 Å². The van der Waals surface area contributed by atoms with Gasteiger partial charge in [-0.1, -0.05) is 39.8 Å². The molecule has 0 atom stereocenters. The topological polar surface area (TPSA) is 63.4 Å². The van der Waals surface area contributed by atoms with Crippen LogP contribution in [0, 0.1) is 5.41 Å². The van der Waals surface area contributed by atoms with Crippen LogP contribution in [0.3, 0.4) is 0 Å². The standard InChI is InChI=1S/C26H35N5O2S/c1-6-34-17-23(32)30-14-12-29(13-15-30)20-9-7-8-19(16-20)21-10-11-22-24(27-21)28(5)25(33)31(22)18-26(2,3)4/h7-11,16H,6,12-15,17-18H2,1-5H3. The van der Waals surface area contributed by atoms with E-state index in [1.54, 1.807) is 23.4 Å². The molecule has 0 saturated carbocycles. The van der Waals surface area contributed by atoms with Crippen molar-refractivity contribution in [3.05, 3.63) is 46.9 Å². The lowest BCUT2D eigenvalue weighted by molar-refractivity contribution is -0.128. The lowest BCUT2D eigenvalue weighted by Gasteiger charge is -2.36. The Hall–Kier alpha value is -2.74. The molecule has 182 valence electrons. The Morgan fingerprint density at radius 2 is 1.82 bits per heavy atom. The molecule has 1 aliphatic rings. The number of amides is 1. The lowest BCUT2D eigenvalue weighted by Crippen LogP contribution is -2.49. The SMILES string of the molecule is CCSCC(=O)N1CCN(c2cccc(-c3ccc4c(n3)n(C)c(=O)n4CC(C)(C)C)c2)CC1. The number of carbonyl (C=O) groups is 1. The summed E-state index contributed by atoms with van der Waals surface area (Å²) in [7, 11) is 1.79. The number of imidazole rings is 1. The minimum atomic E-state index is -0.0342. The van der Waals surface area contributed by atoms with Crippen molar-refractivity contribution in [1.29, 1.82) is 0 Å². The molecule has 1 aliphatic heterocycles. The van der Waals surface area contributed by atoms with Gasteiger partial charge in [-0.2, -0.15) is 11.8 Å². The van der Waals surface area contributed by atoms with Gasteiger partial charge in [0, 0.05) is 51.0 Å². The minimum absolute atomic E-state index is 0.00537. The largest absolute Gasteiger partial charge is 0.368 e. The van der Waals surface area contributed by atoms with E-state index in [1.807, 2.05) is 21.6 Å². The summed E-state index contributed by atoms with van der Waals surface area (Å²) in [6, 6.07) is 12.4. The molecule has 1 amide bonds. The number of hydrogen-bond acceptors (Lipinski definition) is 5. The van der Waals surface area contributed by atoms with Crippen molar-refractivity contribution >= 4 is 34.5 Å². The summed E-state index contributed by atoms with van der Waals surface area (Å²) < 4.78 is 3.46. The predicted molar refractivity (Wildman–Crippen MR) is 142 cm³/mol. The van der Waals surface area contributed by atoms with E-state index in [-0.39, 0.29) is 17.0 Å². The number of aryl methyl sites for hydroxylation is 1. The highest BCUT2D eigenvalue weighted by Gasteiger charge is 2.22. The summed E-state index contributed by atoms with van der Waals surface area (Å²) in [6.45, 7) is 12.3. The maximum Gasteiger partial charge on any atom is 0.330 e. The van der Waals surface area contributed by atoms with E-state index < -0.39 is 0 Å². The van der Waals surface area contributed by atoms with Crippen LogP contribution in [0.25, 0.3) is 22.4 Å². The van der Waals surface area contributed by atoms with Crippen molar-refractivity contribution in [2.45, 2.75) is 34.2 Å². The summed E-state index contributed by atoms with van der Waals surface area (Å²) in [5.74, 6) is 1.77.